The molecule has 0 aliphatic carbocycles. The Hall–Kier alpha value is 0.790. The fourth-order valence-corrected chi connectivity index (χ4v) is 3.26. The monoisotopic (exact) mass is 150 g/mol. The van der Waals surface area contributed by atoms with E-state index in [1.807, 2.05) is 11.8 Å². The minimum absolute atomic E-state index is 0.762. The smallest absolute Gasteiger partial charge is 0.104 e. The van der Waals surface area contributed by atoms with Crippen LogP contribution in [0.1, 0.15) is 6.92 Å². The molecule has 40 valence electrons. The lowest BCUT2D eigenvalue weighted by molar-refractivity contribution is 1.15. The number of hydrogen-bond acceptors (Lipinski definition) is 3. The van der Waals surface area contributed by atoms with Gasteiger partial charge in [-0.15, -0.1) is 23.5 Å². The Morgan fingerprint density at radius 1 is 1.86 bits per heavy atom. The molecule has 7 heavy (non-hydrogen) atoms. The molecule has 0 aromatic rings. The van der Waals surface area contributed by atoms with E-state index in [-0.39, 0.29) is 0 Å². The molecule has 1 aliphatic heterocycles. The third kappa shape index (κ3) is 1.63. The van der Waals surface area contributed by atoms with Gasteiger partial charge in [-0.05, 0) is 0 Å². The second-order valence-corrected chi connectivity index (χ2v) is 5.15. The molecule has 0 unspecified atom stereocenters. The number of hydrogen-bond donors (Lipinski definition) is 0. The van der Waals surface area contributed by atoms with Crippen LogP contribution in [0.5, 0.6) is 0 Å². The normalized spacial score (nSPS) is 31.6. The molecule has 1 heterocycles. The zero-order valence-corrected chi connectivity index (χ0v) is 6.46. The molecule has 1 atom stereocenters. The molecule has 0 bridgehead atoms. The van der Waals surface area contributed by atoms with Gasteiger partial charge in [0.2, 0.25) is 0 Å². The van der Waals surface area contributed by atoms with Crippen LogP contribution < -0.4 is 0 Å². The second-order valence-electron chi connectivity index (χ2n) is 1.49. The molecular weight excluding hydrogens is 144 g/mol. The van der Waals surface area contributed by atoms with E-state index in [0.29, 0.717) is 0 Å². The third-order valence-corrected chi connectivity index (χ3v) is 3.89. The lowest BCUT2D eigenvalue weighted by atomic mass is 10.6. The predicted molar refractivity (Wildman–Crippen MR) is 42.1 cm³/mol. The minimum Gasteiger partial charge on any atom is -0.107 e. The van der Waals surface area contributed by atoms with Crippen LogP contribution in [0, 0.1) is 0 Å². The molecule has 3 heteroatoms. The summed E-state index contributed by atoms with van der Waals surface area (Å²) >= 11 is 8.54. The molecule has 1 saturated heterocycles. The molecule has 0 saturated carbocycles. The van der Waals surface area contributed by atoms with Crippen LogP contribution in [0.3, 0.4) is 0 Å². The van der Waals surface area contributed by atoms with E-state index in [4.69, 9.17) is 12.2 Å². The van der Waals surface area contributed by atoms with Gasteiger partial charge in [-0.3, -0.25) is 0 Å². The Morgan fingerprint density at radius 3 is 2.71 bits per heavy atom. The summed E-state index contributed by atoms with van der Waals surface area (Å²) in [5.41, 5.74) is 0. The SMILES string of the molecule is C[C@H]1CSC(=S)S1. The van der Waals surface area contributed by atoms with E-state index < -0.39 is 0 Å². The largest absolute Gasteiger partial charge is 0.107 e. The van der Waals surface area contributed by atoms with Crippen molar-refractivity contribution < 1.29 is 0 Å². The lowest BCUT2D eigenvalue weighted by Gasteiger charge is -1.89. The van der Waals surface area contributed by atoms with Crippen molar-refractivity contribution in [3.05, 3.63) is 0 Å². The highest BCUT2D eigenvalue weighted by molar-refractivity contribution is 8.49. The molecule has 0 aromatic carbocycles. The van der Waals surface area contributed by atoms with E-state index in [1.54, 1.807) is 11.8 Å². The second kappa shape index (κ2) is 2.37. The van der Waals surface area contributed by atoms with Crippen LogP contribution in [0.15, 0.2) is 0 Å². The molecule has 1 aliphatic rings. The van der Waals surface area contributed by atoms with Crippen molar-refractivity contribution in [2.75, 3.05) is 5.75 Å². The summed E-state index contributed by atoms with van der Waals surface area (Å²) in [5.74, 6) is 1.21. The van der Waals surface area contributed by atoms with Crippen LogP contribution >= 0.6 is 35.7 Å². The summed E-state index contributed by atoms with van der Waals surface area (Å²) < 4.78 is 1.12. The van der Waals surface area contributed by atoms with E-state index in [2.05, 4.69) is 6.92 Å². The Bertz CT molecular complexity index is 88.9. The number of thiocarbonyl (C=S) groups is 1. The van der Waals surface area contributed by atoms with Crippen molar-refractivity contribution in [1.82, 2.24) is 0 Å². The van der Waals surface area contributed by atoms with Gasteiger partial charge in [0.1, 0.15) is 3.53 Å². The maximum absolute atomic E-state index is 4.92. The fourth-order valence-electron chi connectivity index (χ4n) is 0.418. The van der Waals surface area contributed by atoms with Gasteiger partial charge in [0, 0.05) is 11.0 Å². The van der Waals surface area contributed by atoms with Gasteiger partial charge < -0.3 is 0 Å². The first-order valence-corrected chi connectivity index (χ1v) is 4.40. The molecule has 0 amide bonds. The van der Waals surface area contributed by atoms with Crippen LogP contribution in [-0.2, 0) is 0 Å². The maximum atomic E-state index is 4.92. The maximum Gasteiger partial charge on any atom is 0.104 e. The zero-order valence-electron chi connectivity index (χ0n) is 4.01. The van der Waals surface area contributed by atoms with E-state index in [0.717, 1.165) is 8.78 Å². The minimum atomic E-state index is 0.762. The van der Waals surface area contributed by atoms with Crippen LogP contribution in [0.4, 0.5) is 0 Å². The van der Waals surface area contributed by atoms with Crippen LogP contribution in [0.25, 0.3) is 0 Å². The quantitative estimate of drug-likeness (QED) is 0.486. The standard InChI is InChI=1S/C4H6S3/c1-3-2-6-4(5)7-3/h3H,2H2,1H3/t3-/m0/s1. The van der Waals surface area contributed by atoms with Gasteiger partial charge in [0.05, 0.1) is 0 Å². The van der Waals surface area contributed by atoms with Crippen molar-refractivity contribution >= 4 is 39.3 Å². The van der Waals surface area contributed by atoms with Gasteiger partial charge in [-0.25, -0.2) is 0 Å². The van der Waals surface area contributed by atoms with Crippen molar-refractivity contribution in [2.24, 2.45) is 0 Å². The van der Waals surface area contributed by atoms with Crippen LogP contribution in [0.2, 0.25) is 0 Å². The summed E-state index contributed by atoms with van der Waals surface area (Å²) in [6, 6.07) is 0. The average Bonchev–Trinajstić information content (AvgIpc) is 1.87. The Morgan fingerprint density at radius 2 is 2.57 bits per heavy atom. The topological polar surface area (TPSA) is 0 Å². The average molecular weight is 150 g/mol. The van der Waals surface area contributed by atoms with Gasteiger partial charge >= 0.3 is 0 Å². The molecular formula is C4H6S3. The Balaban J connectivity index is 2.40. The highest BCUT2D eigenvalue weighted by Gasteiger charge is 2.14. The molecule has 0 spiro atoms. The summed E-state index contributed by atoms with van der Waals surface area (Å²) in [5, 5.41) is 0.762. The highest BCUT2D eigenvalue weighted by Crippen LogP contribution is 2.31. The van der Waals surface area contributed by atoms with E-state index in [1.165, 1.54) is 5.75 Å². The predicted octanol–water partition coefficient (Wildman–Crippen LogP) is 2.14. The van der Waals surface area contributed by atoms with Crippen molar-refractivity contribution in [2.45, 2.75) is 12.2 Å². The molecule has 0 aromatic heterocycles. The van der Waals surface area contributed by atoms with E-state index in [9.17, 15) is 0 Å². The Kier molecular flexibility index (Phi) is 2.01. The van der Waals surface area contributed by atoms with Gasteiger partial charge in [-0.1, -0.05) is 19.1 Å². The summed E-state index contributed by atoms with van der Waals surface area (Å²) in [4.78, 5) is 0. The van der Waals surface area contributed by atoms with Crippen molar-refractivity contribution in [3.63, 3.8) is 0 Å². The van der Waals surface area contributed by atoms with Gasteiger partial charge in [0.15, 0.2) is 0 Å². The Labute approximate surface area is 57.4 Å². The first-order chi connectivity index (χ1) is 3.29. The molecule has 0 nitrogen and oxygen atoms in total. The highest BCUT2D eigenvalue weighted by atomic mass is 32.2. The third-order valence-electron chi connectivity index (χ3n) is 0.733. The first-order valence-electron chi connectivity index (χ1n) is 2.12. The van der Waals surface area contributed by atoms with Crippen LogP contribution in [-0.4, -0.2) is 14.5 Å². The number of rotatable bonds is 0. The molecule has 0 radical (unpaired) electrons. The van der Waals surface area contributed by atoms with Gasteiger partial charge in [0.25, 0.3) is 0 Å². The van der Waals surface area contributed by atoms with Crippen molar-refractivity contribution in [3.8, 4) is 0 Å². The van der Waals surface area contributed by atoms with Gasteiger partial charge in [-0.2, -0.15) is 0 Å². The summed E-state index contributed by atoms with van der Waals surface area (Å²) in [6.45, 7) is 2.21. The van der Waals surface area contributed by atoms with Crippen molar-refractivity contribution in [1.29, 1.82) is 0 Å². The number of thioether (sulfide) groups is 2. The van der Waals surface area contributed by atoms with E-state index >= 15 is 0 Å². The fraction of sp³-hybridized carbons (Fsp3) is 0.750. The summed E-state index contributed by atoms with van der Waals surface area (Å²) in [7, 11) is 0. The molecule has 1 fully saturated rings. The molecule has 1 rings (SSSR count). The lowest BCUT2D eigenvalue weighted by Crippen LogP contribution is -1.88. The summed E-state index contributed by atoms with van der Waals surface area (Å²) in [6.07, 6.45) is 0. The zero-order chi connectivity index (χ0) is 5.28. The molecule has 0 N–H and O–H groups in total. The first kappa shape index (κ1) is 5.92.